The van der Waals surface area contributed by atoms with E-state index in [1.807, 2.05) is 6.92 Å². The Labute approximate surface area is 92.9 Å². The van der Waals surface area contributed by atoms with Crippen LogP contribution in [0.4, 0.5) is 10.1 Å². The summed E-state index contributed by atoms with van der Waals surface area (Å²) in [6.45, 7) is 2.25. The van der Waals surface area contributed by atoms with Gasteiger partial charge in [0, 0.05) is 17.8 Å². The lowest BCUT2D eigenvalue weighted by atomic mass is 10.2. The Morgan fingerprint density at radius 3 is 2.62 bits per heavy atom. The Balaban J connectivity index is 2.15. The smallest absolute Gasteiger partial charge is 0.335 e. The predicted octanol–water partition coefficient (Wildman–Crippen LogP) is 2.46. The van der Waals surface area contributed by atoms with Crippen molar-refractivity contribution < 1.29 is 13.9 Å². The summed E-state index contributed by atoms with van der Waals surface area (Å²) in [5.74, 6) is -0.553. The molecule has 16 heavy (non-hydrogen) atoms. The molecule has 0 atom stereocenters. The number of cyclic esters (lactones) is 1. The molecule has 1 N–H and O–H groups in total. The normalized spacial score (nSPS) is 18.2. The zero-order valence-electron chi connectivity index (χ0n) is 8.92. The van der Waals surface area contributed by atoms with Crippen molar-refractivity contribution in [2.24, 2.45) is 0 Å². The minimum Gasteiger partial charge on any atom is -0.462 e. The largest absolute Gasteiger partial charge is 0.462 e. The van der Waals surface area contributed by atoms with Crippen LogP contribution in [0.15, 0.2) is 35.5 Å². The van der Waals surface area contributed by atoms with Gasteiger partial charge in [0.2, 0.25) is 0 Å². The van der Waals surface area contributed by atoms with Crippen LogP contribution in [0.25, 0.3) is 0 Å². The van der Waals surface area contributed by atoms with Crippen LogP contribution in [-0.2, 0) is 9.53 Å². The highest BCUT2D eigenvalue weighted by atomic mass is 19.1. The molecule has 0 unspecified atom stereocenters. The van der Waals surface area contributed by atoms with Gasteiger partial charge in [-0.3, -0.25) is 0 Å². The van der Waals surface area contributed by atoms with Crippen LogP contribution < -0.4 is 5.32 Å². The van der Waals surface area contributed by atoms with Gasteiger partial charge in [0.1, 0.15) is 5.82 Å². The number of allylic oxidation sites excluding steroid dienone is 1. The summed E-state index contributed by atoms with van der Waals surface area (Å²) in [4.78, 5) is 11.3. The number of carbonyl (C=O) groups is 1. The van der Waals surface area contributed by atoms with Gasteiger partial charge in [-0.1, -0.05) is 0 Å². The van der Waals surface area contributed by atoms with E-state index in [4.69, 9.17) is 4.74 Å². The first-order chi connectivity index (χ1) is 7.66. The summed E-state index contributed by atoms with van der Waals surface area (Å²) >= 11 is 0. The molecule has 84 valence electrons. The van der Waals surface area contributed by atoms with E-state index in [0.717, 1.165) is 11.4 Å². The molecule has 1 aliphatic rings. The molecule has 4 heteroatoms. The molecule has 3 nitrogen and oxygen atoms in total. The quantitative estimate of drug-likeness (QED) is 0.615. The van der Waals surface area contributed by atoms with Crippen LogP contribution in [0.5, 0.6) is 0 Å². The van der Waals surface area contributed by atoms with Crippen molar-refractivity contribution in [1.82, 2.24) is 0 Å². The van der Waals surface area contributed by atoms with Crippen LogP contribution in [-0.4, -0.2) is 12.6 Å². The van der Waals surface area contributed by atoms with Crippen molar-refractivity contribution in [3.05, 3.63) is 41.4 Å². The number of rotatable bonds is 2. The second-order valence-corrected chi connectivity index (χ2v) is 3.62. The molecule has 1 aromatic rings. The molecular formula is C12H12FNO2. The Morgan fingerprint density at radius 1 is 1.38 bits per heavy atom. The third-order valence-corrected chi connectivity index (χ3v) is 2.46. The average molecular weight is 221 g/mol. The molecule has 0 saturated carbocycles. The van der Waals surface area contributed by atoms with E-state index in [9.17, 15) is 9.18 Å². The van der Waals surface area contributed by atoms with Gasteiger partial charge in [-0.2, -0.15) is 0 Å². The molecule has 2 rings (SSSR count). The maximum absolute atomic E-state index is 12.7. The van der Waals surface area contributed by atoms with Gasteiger partial charge in [0.05, 0.1) is 12.2 Å². The highest BCUT2D eigenvalue weighted by Crippen LogP contribution is 2.19. The summed E-state index contributed by atoms with van der Waals surface area (Å²) in [6, 6.07) is 5.99. The van der Waals surface area contributed by atoms with Gasteiger partial charge in [0.25, 0.3) is 0 Å². The van der Waals surface area contributed by atoms with Gasteiger partial charge >= 0.3 is 5.97 Å². The average Bonchev–Trinajstić information content (AvgIpc) is 2.68. The highest BCUT2D eigenvalue weighted by molar-refractivity contribution is 5.91. The zero-order chi connectivity index (χ0) is 11.5. The van der Waals surface area contributed by atoms with Gasteiger partial charge in [0.15, 0.2) is 0 Å². The molecule has 0 amide bonds. The molecule has 0 aromatic heterocycles. The van der Waals surface area contributed by atoms with E-state index >= 15 is 0 Å². The zero-order valence-corrected chi connectivity index (χ0v) is 8.92. The Kier molecular flexibility index (Phi) is 2.90. The monoisotopic (exact) mass is 221 g/mol. The fourth-order valence-corrected chi connectivity index (χ4v) is 1.60. The van der Waals surface area contributed by atoms with Crippen LogP contribution in [0.1, 0.15) is 13.3 Å². The van der Waals surface area contributed by atoms with E-state index in [-0.39, 0.29) is 11.8 Å². The molecule has 1 saturated heterocycles. The molecular weight excluding hydrogens is 209 g/mol. The number of hydrogen-bond donors (Lipinski definition) is 1. The maximum atomic E-state index is 12.7. The topological polar surface area (TPSA) is 38.3 Å². The molecule has 1 aliphatic heterocycles. The number of halogens is 1. The number of anilines is 1. The lowest BCUT2D eigenvalue weighted by Gasteiger charge is -2.07. The van der Waals surface area contributed by atoms with E-state index in [2.05, 4.69) is 5.32 Å². The fourth-order valence-electron chi connectivity index (χ4n) is 1.60. The minimum absolute atomic E-state index is 0.271. The number of hydrogen-bond acceptors (Lipinski definition) is 3. The number of nitrogens with one attached hydrogen (secondary N) is 1. The summed E-state index contributed by atoms with van der Waals surface area (Å²) in [7, 11) is 0. The lowest BCUT2D eigenvalue weighted by molar-refractivity contribution is -0.135. The Bertz CT molecular complexity index is 437. The van der Waals surface area contributed by atoms with Crippen molar-refractivity contribution in [2.45, 2.75) is 13.3 Å². The number of carbonyl (C=O) groups excluding carboxylic acids is 1. The highest BCUT2D eigenvalue weighted by Gasteiger charge is 2.21. The van der Waals surface area contributed by atoms with Gasteiger partial charge < -0.3 is 10.1 Å². The van der Waals surface area contributed by atoms with Gasteiger partial charge in [-0.25, -0.2) is 9.18 Å². The van der Waals surface area contributed by atoms with E-state index in [1.54, 1.807) is 12.1 Å². The molecule has 0 radical (unpaired) electrons. The van der Waals surface area contributed by atoms with Crippen LogP contribution >= 0.6 is 0 Å². The van der Waals surface area contributed by atoms with E-state index < -0.39 is 0 Å². The second kappa shape index (κ2) is 4.35. The van der Waals surface area contributed by atoms with Crippen molar-refractivity contribution in [3.8, 4) is 0 Å². The molecule has 1 fully saturated rings. The number of ether oxygens (including phenoxy) is 1. The second-order valence-electron chi connectivity index (χ2n) is 3.62. The standard InChI is InChI=1S/C12H12FNO2/c1-8(11-6-7-16-12(11)15)14-10-4-2-9(13)3-5-10/h2-5,14H,6-7H2,1H3/b11-8-. The number of esters is 1. The number of benzene rings is 1. The molecule has 0 spiro atoms. The van der Waals surface area contributed by atoms with Crippen LogP contribution in [0.3, 0.4) is 0 Å². The van der Waals surface area contributed by atoms with Crippen molar-refractivity contribution >= 4 is 11.7 Å². The van der Waals surface area contributed by atoms with Crippen LogP contribution in [0.2, 0.25) is 0 Å². The first kappa shape index (κ1) is 10.7. The summed E-state index contributed by atoms with van der Waals surface area (Å²) in [5.41, 5.74) is 2.17. The Hall–Kier alpha value is -1.84. The predicted molar refractivity (Wildman–Crippen MR) is 58.3 cm³/mol. The molecule has 0 aliphatic carbocycles. The van der Waals surface area contributed by atoms with Crippen molar-refractivity contribution in [3.63, 3.8) is 0 Å². The molecule has 0 bridgehead atoms. The van der Waals surface area contributed by atoms with Crippen molar-refractivity contribution in [2.75, 3.05) is 11.9 Å². The van der Waals surface area contributed by atoms with Gasteiger partial charge in [-0.15, -0.1) is 0 Å². The third-order valence-electron chi connectivity index (χ3n) is 2.46. The first-order valence-electron chi connectivity index (χ1n) is 5.06. The van der Waals surface area contributed by atoms with Crippen molar-refractivity contribution in [1.29, 1.82) is 0 Å². The third kappa shape index (κ3) is 2.21. The molecule has 1 heterocycles. The molecule has 1 aromatic carbocycles. The lowest BCUT2D eigenvalue weighted by Crippen LogP contribution is -2.04. The van der Waals surface area contributed by atoms with E-state index in [1.165, 1.54) is 12.1 Å². The fraction of sp³-hybridized carbons (Fsp3) is 0.250. The van der Waals surface area contributed by atoms with Crippen LogP contribution in [0, 0.1) is 5.82 Å². The summed E-state index contributed by atoms with van der Waals surface area (Å²) < 4.78 is 17.5. The van der Waals surface area contributed by atoms with E-state index in [0.29, 0.717) is 18.6 Å². The summed E-state index contributed by atoms with van der Waals surface area (Å²) in [6.07, 6.45) is 0.624. The SMILES string of the molecule is C/C(Nc1ccc(F)cc1)=C1\CCOC1=O. The first-order valence-corrected chi connectivity index (χ1v) is 5.06. The minimum atomic E-state index is -0.281. The summed E-state index contributed by atoms with van der Waals surface area (Å²) in [5, 5.41) is 3.05. The van der Waals surface area contributed by atoms with Gasteiger partial charge in [-0.05, 0) is 31.2 Å². The Morgan fingerprint density at radius 2 is 2.06 bits per heavy atom. The maximum Gasteiger partial charge on any atom is 0.335 e.